The van der Waals surface area contributed by atoms with Crippen LogP contribution < -0.4 is 0 Å². The van der Waals surface area contributed by atoms with Gasteiger partial charge in [0, 0.05) is 6.26 Å². The van der Waals surface area contributed by atoms with Crippen molar-refractivity contribution in [2.45, 2.75) is 36.1 Å². The summed E-state index contributed by atoms with van der Waals surface area (Å²) in [5, 5.41) is -1.19. The van der Waals surface area contributed by atoms with Crippen molar-refractivity contribution < 1.29 is 34.2 Å². The smallest absolute Gasteiger partial charge is 0.258 e. The molecule has 0 amide bonds. The molecule has 0 saturated heterocycles. The maximum Gasteiger partial charge on any atom is 0.523 e. The minimum atomic E-state index is -5.74. The second-order valence-electron chi connectivity index (χ2n) is 3.83. The van der Waals surface area contributed by atoms with Crippen LogP contribution in [0.15, 0.2) is 0 Å². The first-order valence-electron chi connectivity index (χ1n) is 4.63. The van der Waals surface area contributed by atoms with Crippen molar-refractivity contribution in [3.8, 4) is 0 Å². The average molecular weight is 296 g/mol. The van der Waals surface area contributed by atoms with E-state index in [1.807, 2.05) is 0 Å². The van der Waals surface area contributed by atoms with Crippen molar-refractivity contribution in [3.05, 3.63) is 0 Å². The summed E-state index contributed by atoms with van der Waals surface area (Å²) in [5.41, 5.74) is -5.53. The molecule has 102 valence electrons. The van der Waals surface area contributed by atoms with Crippen LogP contribution in [-0.2, 0) is 24.1 Å². The first-order chi connectivity index (χ1) is 7.45. The normalized spacial score (nSPS) is 27.3. The SMILES string of the molecule is CS(=O)(=O)C1CCCC1OS(=O)(=O)C(F)(F)F. The van der Waals surface area contributed by atoms with Crippen LogP contribution in [0.5, 0.6) is 0 Å². The highest BCUT2D eigenvalue weighted by Gasteiger charge is 2.51. The van der Waals surface area contributed by atoms with Gasteiger partial charge < -0.3 is 0 Å². The lowest BCUT2D eigenvalue weighted by atomic mass is 10.3. The van der Waals surface area contributed by atoms with Crippen molar-refractivity contribution in [2.75, 3.05) is 6.26 Å². The van der Waals surface area contributed by atoms with Gasteiger partial charge in [0.1, 0.15) is 0 Å². The number of halogens is 3. The minimum absolute atomic E-state index is 0.0208. The van der Waals surface area contributed by atoms with Crippen LogP contribution >= 0.6 is 0 Å². The highest BCUT2D eigenvalue weighted by atomic mass is 32.2. The molecule has 1 rings (SSSR count). The van der Waals surface area contributed by atoms with Crippen LogP contribution in [0.4, 0.5) is 13.2 Å². The largest absolute Gasteiger partial charge is 0.523 e. The van der Waals surface area contributed by atoms with Crippen LogP contribution in [0.1, 0.15) is 19.3 Å². The Kier molecular flexibility index (Phi) is 3.80. The summed E-state index contributed by atoms with van der Waals surface area (Å²) in [4.78, 5) is 0. The molecule has 0 aromatic carbocycles. The van der Waals surface area contributed by atoms with Crippen molar-refractivity contribution in [1.82, 2.24) is 0 Å². The van der Waals surface area contributed by atoms with Crippen LogP contribution in [0.2, 0.25) is 0 Å². The molecule has 0 N–H and O–H groups in total. The maximum absolute atomic E-state index is 12.0. The van der Waals surface area contributed by atoms with E-state index in [-0.39, 0.29) is 12.8 Å². The molecule has 2 atom stereocenters. The first kappa shape index (κ1) is 14.7. The molecule has 17 heavy (non-hydrogen) atoms. The number of alkyl halides is 3. The van der Waals surface area contributed by atoms with Crippen molar-refractivity contribution in [2.24, 2.45) is 0 Å². The molecule has 0 aromatic heterocycles. The molecule has 1 fully saturated rings. The van der Waals surface area contributed by atoms with E-state index in [0.717, 1.165) is 6.26 Å². The Labute approximate surface area is 97.0 Å². The van der Waals surface area contributed by atoms with E-state index in [1.165, 1.54) is 0 Å². The molecule has 10 heteroatoms. The zero-order chi connectivity index (χ0) is 13.5. The average Bonchev–Trinajstić information content (AvgIpc) is 2.47. The van der Waals surface area contributed by atoms with E-state index in [2.05, 4.69) is 4.18 Å². The Morgan fingerprint density at radius 1 is 1.12 bits per heavy atom. The van der Waals surface area contributed by atoms with E-state index in [0.29, 0.717) is 6.42 Å². The molecule has 5 nitrogen and oxygen atoms in total. The summed E-state index contributed by atoms with van der Waals surface area (Å²) in [6.07, 6.45) is -0.198. The van der Waals surface area contributed by atoms with Gasteiger partial charge in [0.2, 0.25) is 0 Å². The third-order valence-corrected chi connectivity index (χ3v) is 5.18. The molecule has 0 heterocycles. The molecule has 1 aliphatic rings. The predicted octanol–water partition coefficient (Wildman–Crippen LogP) is 0.818. The lowest BCUT2D eigenvalue weighted by Crippen LogP contribution is -2.36. The van der Waals surface area contributed by atoms with Crippen molar-refractivity contribution in [1.29, 1.82) is 0 Å². The predicted molar refractivity (Wildman–Crippen MR) is 52.3 cm³/mol. The quantitative estimate of drug-likeness (QED) is 0.569. The third kappa shape index (κ3) is 3.32. The van der Waals surface area contributed by atoms with Crippen LogP contribution in [-0.4, -0.2) is 40.0 Å². The van der Waals surface area contributed by atoms with Crippen LogP contribution in [0.25, 0.3) is 0 Å². The van der Waals surface area contributed by atoms with Gasteiger partial charge in [-0.25, -0.2) is 8.42 Å². The van der Waals surface area contributed by atoms with Gasteiger partial charge >= 0.3 is 15.6 Å². The van der Waals surface area contributed by atoms with Crippen LogP contribution in [0, 0.1) is 0 Å². The molecule has 1 saturated carbocycles. The van der Waals surface area contributed by atoms with Gasteiger partial charge in [0.05, 0.1) is 11.4 Å². The molecule has 0 radical (unpaired) electrons. The van der Waals surface area contributed by atoms with E-state index in [1.54, 1.807) is 0 Å². The molecule has 0 bridgehead atoms. The summed E-state index contributed by atoms with van der Waals surface area (Å²) < 4.78 is 84.0. The highest BCUT2D eigenvalue weighted by Crippen LogP contribution is 2.33. The van der Waals surface area contributed by atoms with Crippen molar-refractivity contribution in [3.63, 3.8) is 0 Å². The lowest BCUT2D eigenvalue weighted by molar-refractivity contribution is -0.0570. The number of sulfone groups is 1. The fraction of sp³-hybridized carbons (Fsp3) is 1.00. The number of hydrogen-bond acceptors (Lipinski definition) is 5. The van der Waals surface area contributed by atoms with Gasteiger partial charge in [0.25, 0.3) is 0 Å². The second kappa shape index (κ2) is 4.39. The van der Waals surface area contributed by atoms with E-state index >= 15 is 0 Å². The standard InChI is InChI=1S/C7H11F3O5S2/c1-16(11,12)6-4-2-3-5(6)15-17(13,14)7(8,9)10/h5-6H,2-4H2,1H3. The molecule has 0 aliphatic heterocycles. The first-order valence-corrected chi connectivity index (χ1v) is 8.00. The minimum Gasteiger partial charge on any atom is -0.258 e. The zero-order valence-corrected chi connectivity index (χ0v) is 10.4. The molecule has 0 aromatic rings. The fourth-order valence-corrected chi connectivity index (χ4v) is 3.78. The van der Waals surface area contributed by atoms with Gasteiger partial charge in [-0.3, -0.25) is 4.18 Å². The lowest BCUT2D eigenvalue weighted by Gasteiger charge is -2.18. The van der Waals surface area contributed by atoms with Crippen LogP contribution in [0.3, 0.4) is 0 Å². The van der Waals surface area contributed by atoms with Gasteiger partial charge in [-0.15, -0.1) is 0 Å². The Balaban J connectivity index is 2.90. The van der Waals surface area contributed by atoms with E-state index in [4.69, 9.17) is 0 Å². The van der Waals surface area contributed by atoms with Crippen molar-refractivity contribution >= 4 is 20.0 Å². The number of rotatable bonds is 3. The third-order valence-electron chi connectivity index (χ3n) is 2.48. The Morgan fingerprint density at radius 3 is 2.06 bits per heavy atom. The van der Waals surface area contributed by atoms with Gasteiger partial charge in [-0.05, 0) is 19.3 Å². The summed E-state index contributed by atoms with van der Waals surface area (Å²) >= 11 is 0. The van der Waals surface area contributed by atoms with Gasteiger partial charge in [-0.1, -0.05) is 0 Å². The van der Waals surface area contributed by atoms with E-state index in [9.17, 15) is 30.0 Å². The molecule has 1 aliphatic carbocycles. The zero-order valence-electron chi connectivity index (χ0n) is 8.77. The van der Waals surface area contributed by atoms with E-state index < -0.39 is 36.8 Å². The summed E-state index contributed by atoms with van der Waals surface area (Å²) in [7, 11) is -9.37. The maximum atomic E-state index is 12.0. The Morgan fingerprint density at radius 2 is 1.65 bits per heavy atom. The summed E-state index contributed by atoms with van der Waals surface area (Å²) in [6.45, 7) is 0. The topological polar surface area (TPSA) is 77.5 Å². The van der Waals surface area contributed by atoms with Gasteiger partial charge in [-0.2, -0.15) is 21.6 Å². The van der Waals surface area contributed by atoms with Gasteiger partial charge in [0.15, 0.2) is 9.84 Å². The fourth-order valence-electron chi connectivity index (χ4n) is 1.71. The molecule has 2 unspecified atom stereocenters. The second-order valence-corrected chi connectivity index (χ2v) is 7.66. The monoisotopic (exact) mass is 296 g/mol. The molecule has 0 spiro atoms. The highest BCUT2D eigenvalue weighted by molar-refractivity contribution is 7.91. The molecular formula is C7H11F3O5S2. The number of hydrogen-bond donors (Lipinski definition) is 0. The Hall–Kier alpha value is -0.350. The summed E-state index contributed by atoms with van der Waals surface area (Å²) in [6, 6.07) is 0. The molecular weight excluding hydrogens is 285 g/mol. The summed E-state index contributed by atoms with van der Waals surface area (Å²) in [5.74, 6) is 0. The Bertz CT molecular complexity index is 478.